The Morgan fingerprint density at radius 3 is 2.25 bits per heavy atom. The highest BCUT2D eigenvalue weighted by molar-refractivity contribution is 5.36. The largest absolute Gasteiger partial charge is 0.457 e. The van der Waals surface area contributed by atoms with Gasteiger partial charge in [0.1, 0.15) is 11.5 Å². The molecule has 0 heterocycles. The molecule has 0 unspecified atom stereocenters. The molecular weight excluding hydrogens is 269 g/mol. The Morgan fingerprint density at radius 1 is 0.950 bits per heavy atom. The molecule has 20 heavy (non-hydrogen) atoms. The first-order chi connectivity index (χ1) is 9.49. The third-order valence-corrected chi connectivity index (χ3v) is 2.72. The van der Waals surface area contributed by atoms with Crippen LogP contribution in [-0.4, -0.2) is 11.7 Å². The van der Waals surface area contributed by atoms with Gasteiger partial charge in [-0.1, -0.05) is 18.2 Å². The van der Waals surface area contributed by atoms with E-state index in [0.717, 1.165) is 17.7 Å². The zero-order chi connectivity index (χ0) is 14.6. The summed E-state index contributed by atoms with van der Waals surface area (Å²) in [5.41, 5.74) is 0.191. The quantitative estimate of drug-likeness (QED) is 0.917. The van der Waals surface area contributed by atoms with Gasteiger partial charge < -0.3 is 9.84 Å². The number of benzene rings is 2. The maximum Gasteiger partial charge on any atom is 0.416 e. The standard InChI is InChI=1S/C15H13F3O2/c16-15(17,18)12-2-1-3-14(10-12)20-13-6-4-11(5-7-13)8-9-19/h1-7,10,19H,8-9H2. The molecular formula is C15H13F3O2. The molecule has 0 bridgehead atoms. The number of halogens is 3. The fraction of sp³-hybridized carbons (Fsp3) is 0.200. The van der Waals surface area contributed by atoms with E-state index in [-0.39, 0.29) is 12.4 Å². The summed E-state index contributed by atoms with van der Waals surface area (Å²) in [7, 11) is 0. The van der Waals surface area contributed by atoms with Crippen LogP contribution in [0.15, 0.2) is 48.5 Å². The van der Waals surface area contributed by atoms with Crippen molar-refractivity contribution in [2.24, 2.45) is 0 Å². The Bertz CT molecular complexity index is 562. The molecule has 0 aromatic heterocycles. The van der Waals surface area contributed by atoms with Crippen LogP contribution < -0.4 is 4.74 Å². The number of ether oxygens (including phenoxy) is 1. The van der Waals surface area contributed by atoms with Gasteiger partial charge in [-0.3, -0.25) is 0 Å². The Balaban J connectivity index is 2.13. The minimum absolute atomic E-state index is 0.0494. The molecule has 0 saturated carbocycles. The number of aliphatic hydroxyl groups is 1. The van der Waals surface area contributed by atoms with Crippen molar-refractivity contribution >= 4 is 0 Å². The zero-order valence-electron chi connectivity index (χ0n) is 10.5. The molecule has 106 valence electrons. The Morgan fingerprint density at radius 2 is 1.65 bits per heavy atom. The molecule has 0 aliphatic rings. The van der Waals surface area contributed by atoms with E-state index in [0.29, 0.717) is 12.2 Å². The van der Waals surface area contributed by atoms with Crippen LogP contribution in [0.1, 0.15) is 11.1 Å². The van der Waals surface area contributed by atoms with Crippen LogP contribution in [0.4, 0.5) is 13.2 Å². The van der Waals surface area contributed by atoms with Gasteiger partial charge in [0.05, 0.1) is 5.56 Å². The predicted octanol–water partition coefficient (Wildman–Crippen LogP) is 4.03. The van der Waals surface area contributed by atoms with E-state index in [2.05, 4.69) is 0 Å². The van der Waals surface area contributed by atoms with E-state index in [1.54, 1.807) is 24.3 Å². The molecule has 5 heteroatoms. The minimum atomic E-state index is -4.38. The fourth-order valence-electron chi connectivity index (χ4n) is 1.73. The molecule has 0 aliphatic heterocycles. The maximum absolute atomic E-state index is 12.6. The highest BCUT2D eigenvalue weighted by Gasteiger charge is 2.30. The fourth-order valence-corrected chi connectivity index (χ4v) is 1.73. The third kappa shape index (κ3) is 3.74. The Hall–Kier alpha value is -2.01. The van der Waals surface area contributed by atoms with Gasteiger partial charge >= 0.3 is 6.18 Å². The van der Waals surface area contributed by atoms with Crippen molar-refractivity contribution in [1.29, 1.82) is 0 Å². The molecule has 2 aromatic rings. The van der Waals surface area contributed by atoms with Crippen LogP contribution in [0.5, 0.6) is 11.5 Å². The molecule has 2 rings (SSSR count). The molecule has 2 nitrogen and oxygen atoms in total. The summed E-state index contributed by atoms with van der Waals surface area (Å²) in [5, 5.41) is 8.79. The van der Waals surface area contributed by atoms with E-state index in [4.69, 9.17) is 9.84 Å². The number of aliphatic hydroxyl groups excluding tert-OH is 1. The number of hydrogen-bond acceptors (Lipinski definition) is 2. The molecule has 0 aliphatic carbocycles. The van der Waals surface area contributed by atoms with E-state index >= 15 is 0 Å². The molecule has 0 atom stereocenters. The first kappa shape index (κ1) is 14.4. The van der Waals surface area contributed by atoms with E-state index in [1.165, 1.54) is 12.1 Å². The van der Waals surface area contributed by atoms with Crippen molar-refractivity contribution < 1.29 is 23.0 Å². The first-order valence-corrected chi connectivity index (χ1v) is 6.04. The lowest BCUT2D eigenvalue weighted by Gasteiger charge is -2.10. The van der Waals surface area contributed by atoms with Gasteiger partial charge in [0.2, 0.25) is 0 Å². The highest BCUT2D eigenvalue weighted by Crippen LogP contribution is 2.32. The van der Waals surface area contributed by atoms with Gasteiger partial charge in [-0.15, -0.1) is 0 Å². The van der Waals surface area contributed by atoms with Crippen molar-refractivity contribution in [3.8, 4) is 11.5 Å². The van der Waals surface area contributed by atoms with Crippen LogP contribution in [0.2, 0.25) is 0 Å². The van der Waals surface area contributed by atoms with Crippen molar-refractivity contribution in [3.63, 3.8) is 0 Å². The summed E-state index contributed by atoms with van der Waals surface area (Å²) in [6.45, 7) is 0.0494. The summed E-state index contributed by atoms with van der Waals surface area (Å²) in [6.07, 6.45) is -3.85. The van der Waals surface area contributed by atoms with Crippen molar-refractivity contribution in [2.75, 3.05) is 6.61 Å². The van der Waals surface area contributed by atoms with Gasteiger partial charge in [0, 0.05) is 6.61 Å². The summed E-state index contributed by atoms with van der Waals surface area (Å²) in [4.78, 5) is 0. The zero-order valence-corrected chi connectivity index (χ0v) is 10.5. The topological polar surface area (TPSA) is 29.5 Å². The molecule has 1 N–H and O–H groups in total. The van der Waals surface area contributed by atoms with Crippen LogP contribution >= 0.6 is 0 Å². The van der Waals surface area contributed by atoms with Crippen LogP contribution in [0.3, 0.4) is 0 Å². The van der Waals surface area contributed by atoms with Crippen LogP contribution in [-0.2, 0) is 12.6 Å². The van der Waals surface area contributed by atoms with E-state index < -0.39 is 11.7 Å². The summed E-state index contributed by atoms with van der Waals surface area (Å²) in [6, 6.07) is 11.6. The van der Waals surface area contributed by atoms with E-state index in [9.17, 15) is 13.2 Å². The monoisotopic (exact) mass is 282 g/mol. The van der Waals surface area contributed by atoms with Gasteiger partial charge in [0.15, 0.2) is 0 Å². The lowest BCUT2D eigenvalue weighted by atomic mass is 10.1. The van der Waals surface area contributed by atoms with Gasteiger partial charge in [-0.25, -0.2) is 0 Å². The SMILES string of the molecule is OCCc1ccc(Oc2cccc(C(F)(F)F)c2)cc1. The summed E-state index contributed by atoms with van der Waals surface area (Å²) < 4.78 is 43.1. The normalized spacial score (nSPS) is 11.4. The predicted molar refractivity (Wildman–Crippen MR) is 68.7 cm³/mol. The average Bonchev–Trinajstić information content (AvgIpc) is 2.41. The first-order valence-electron chi connectivity index (χ1n) is 6.04. The van der Waals surface area contributed by atoms with E-state index in [1.807, 2.05) is 0 Å². The van der Waals surface area contributed by atoms with Crippen molar-refractivity contribution in [1.82, 2.24) is 0 Å². The van der Waals surface area contributed by atoms with Crippen LogP contribution in [0.25, 0.3) is 0 Å². The number of alkyl halides is 3. The maximum atomic E-state index is 12.6. The van der Waals surface area contributed by atoms with Gasteiger partial charge in [0.25, 0.3) is 0 Å². The number of rotatable bonds is 4. The summed E-state index contributed by atoms with van der Waals surface area (Å²) >= 11 is 0. The molecule has 0 radical (unpaired) electrons. The lowest BCUT2D eigenvalue weighted by molar-refractivity contribution is -0.137. The van der Waals surface area contributed by atoms with Gasteiger partial charge in [-0.05, 0) is 42.3 Å². The molecule has 0 spiro atoms. The minimum Gasteiger partial charge on any atom is -0.457 e. The van der Waals surface area contributed by atoms with Crippen molar-refractivity contribution in [2.45, 2.75) is 12.6 Å². The summed E-state index contributed by atoms with van der Waals surface area (Å²) in [5.74, 6) is 0.584. The Labute approximate surface area is 114 Å². The highest BCUT2D eigenvalue weighted by atomic mass is 19.4. The second-order valence-corrected chi connectivity index (χ2v) is 4.25. The second-order valence-electron chi connectivity index (χ2n) is 4.25. The molecule has 2 aromatic carbocycles. The smallest absolute Gasteiger partial charge is 0.416 e. The van der Waals surface area contributed by atoms with Crippen molar-refractivity contribution in [3.05, 3.63) is 59.7 Å². The molecule has 0 saturated heterocycles. The second kappa shape index (κ2) is 5.96. The Kier molecular flexibility index (Phi) is 4.29. The third-order valence-electron chi connectivity index (χ3n) is 2.72. The van der Waals surface area contributed by atoms with Gasteiger partial charge in [-0.2, -0.15) is 13.2 Å². The van der Waals surface area contributed by atoms with Crippen LogP contribution in [0, 0.1) is 0 Å². The number of hydrogen-bond donors (Lipinski definition) is 1. The molecule has 0 amide bonds. The lowest BCUT2D eigenvalue weighted by Crippen LogP contribution is -2.04. The average molecular weight is 282 g/mol. The molecule has 0 fully saturated rings.